The van der Waals surface area contributed by atoms with Crippen molar-refractivity contribution >= 4 is 17.7 Å². The molecule has 2 aromatic carbocycles. The Morgan fingerprint density at radius 3 is 2.26 bits per heavy atom. The summed E-state index contributed by atoms with van der Waals surface area (Å²) in [5.74, 6) is -1.46. The largest absolute Gasteiger partial charge is 0.457 e. The number of esters is 1. The van der Waals surface area contributed by atoms with E-state index < -0.39 is 0 Å². The number of aryl methyl sites for hydroxylation is 2. The summed E-state index contributed by atoms with van der Waals surface area (Å²) in [4.78, 5) is 39.1. The molecule has 0 atom stereocenters. The number of amides is 1. The Bertz CT molecular complexity index is 978. The molecule has 2 aromatic rings. The standard InChI is InChI=1S/C25H26FNO4/c26-22-9-7-18(8-10-22)24(29)27-13-11-19(12-14-27)25(30)31-16-23(28)21-6-5-17-3-1-2-4-20(17)15-21/h5-10,15,19H,1-4,11-14,16H2. The van der Waals surface area contributed by atoms with Gasteiger partial charge in [0.15, 0.2) is 12.4 Å². The van der Waals surface area contributed by atoms with Gasteiger partial charge in [0, 0.05) is 24.2 Å². The molecule has 0 unspecified atom stereocenters. The number of hydrogen-bond acceptors (Lipinski definition) is 4. The van der Waals surface area contributed by atoms with Crippen molar-refractivity contribution in [1.29, 1.82) is 0 Å². The van der Waals surface area contributed by atoms with Gasteiger partial charge in [-0.1, -0.05) is 12.1 Å². The van der Waals surface area contributed by atoms with Gasteiger partial charge in [-0.3, -0.25) is 14.4 Å². The molecule has 0 N–H and O–H groups in total. The molecular formula is C25H26FNO4. The number of hydrogen-bond donors (Lipinski definition) is 0. The van der Waals surface area contributed by atoms with Gasteiger partial charge in [0.05, 0.1) is 5.92 Å². The van der Waals surface area contributed by atoms with E-state index in [0.717, 1.165) is 19.3 Å². The van der Waals surface area contributed by atoms with E-state index in [1.54, 1.807) is 4.90 Å². The van der Waals surface area contributed by atoms with E-state index in [4.69, 9.17) is 4.74 Å². The predicted molar refractivity (Wildman–Crippen MR) is 113 cm³/mol. The average molecular weight is 423 g/mol. The van der Waals surface area contributed by atoms with E-state index in [2.05, 4.69) is 0 Å². The zero-order valence-electron chi connectivity index (χ0n) is 17.4. The molecule has 1 fully saturated rings. The minimum Gasteiger partial charge on any atom is -0.457 e. The molecule has 162 valence electrons. The van der Waals surface area contributed by atoms with E-state index >= 15 is 0 Å². The highest BCUT2D eigenvalue weighted by Crippen LogP contribution is 2.23. The van der Waals surface area contributed by atoms with Crippen LogP contribution in [0.1, 0.15) is 57.5 Å². The number of ketones is 1. The molecule has 5 nitrogen and oxygen atoms in total. The van der Waals surface area contributed by atoms with E-state index in [1.165, 1.54) is 41.8 Å². The lowest BCUT2D eigenvalue weighted by atomic mass is 9.90. The molecule has 4 rings (SSSR count). The summed E-state index contributed by atoms with van der Waals surface area (Å²) in [6, 6.07) is 11.2. The van der Waals surface area contributed by atoms with E-state index in [-0.39, 0.29) is 36.0 Å². The van der Waals surface area contributed by atoms with Crippen molar-refractivity contribution in [3.8, 4) is 0 Å². The van der Waals surface area contributed by atoms with Crippen molar-refractivity contribution in [2.24, 2.45) is 5.92 Å². The van der Waals surface area contributed by atoms with Crippen LogP contribution >= 0.6 is 0 Å². The second-order valence-electron chi connectivity index (χ2n) is 8.29. The molecule has 0 saturated carbocycles. The zero-order valence-corrected chi connectivity index (χ0v) is 17.4. The first-order valence-electron chi connectivity index (χ1n) is 10.9. The summed E-state index contributed by atoms with van der Waals surface area (Å²) in [5, 5.41) is 0. The van der Waals surface area contributed by atoms with Gasteiger partial charge in [-0.15, -0.1) is 0 Å². The van der Waals surface area contributed by atoms with Crippen LogP contribution in [0, 0.1) is 11.7 Å². The lowest BCUT2D eigenvalue weighted by Gasteiger charge is -2.31. The van der Waals surface area contributed by atoms with Crippen LogP contribution in [0.5, 0.6) is 0 Å². The topological polar surface area (TPSA) is 63.7 Å². The lowest BCUT2D eigenvalue weighted by Crippen LogP contribution is -2.40. The Hall–Kier alpha value is -3.02. The maximum Gasteiger partial charge on any atom is 0.309 e. The second-order valence-corrected chi connectivity index (χ2v) is 8.29. The molecule has 1 amide bonds. The Morgan fingerprint density at radius 1 is 0.903 bits per heavy atom. The summed E-state index contributed by atoms with van der Waals surface area (Å²) >= 11 is 0. The fraction of sp³-hybridized carbons (Fsp3) is 0.400. The predicted octanol–water partition coefficient (Wildman–Crippen LogP) is 3.98. The van der Waals surface area contributed by atoms with Crippen LogP contribution in [0.25, 0.3) is 0 Å². The molecule has 31 heavy (non-hydrogen) atoms. The Balaban J connectivity index is 1.26. The zero-order chi connectivity index (χ0) is 21.8. The summed E-state index contributed by atoms with van der Waals surface area (Å²) in [5.41, 5.74) is 3.55. The van der Waals surface area contributed by atoms with E-state index in [1.807, 2.05) is 18.2 Å². The minimum atomic E-state index is -0.389. The molecular weight excluding hydrogens is 397 g/mol. The van der Waals surface area contributed by atoms with Crippen LogP contribution in [0.15, 0.2) is 42.5 Å². The molecule has 0 spiro atoms. The quantitative estimate of drug-likeness (QED) is 0.539. The SMILES string of the molecule is O=C(COC(=O)C1CCN(C(=O)c2ccc(F)cc2)CC1)c1ccc2c(c1)CCCC2. The van der Waals surface area contributed by atoms with Gasteiger partial charge < -0.3 is 9.64 Å². The van der Waals surface area contributed by atoms with Crippen molar-refractivity contribution in [3.63, 3.8) is 0 Å². The van der Waals surface area contributed by atoms with Gasteiger partial charge in [0.2, 0.25) is 0 Å². The Labute approximate surface area is 181 Å². The minimum absolute atomic E-state index is 0.172. The number of fused-ring (bicyclic) bond motifs is 1. The molecule has 0 radical (unpaired) electrons. The second kappa shape index (κ2) is 9.41. The third-order valence-corrected chi connectivity index (χ3v) is 6.22. The van der Waals surface area contributed by atoms with Gasteiger partial charge in [-0.05, 0) is 80.0 Å². The summed E-state index contributed by atoms with van der Waals surface area (Å²) < 4.78 is 18.3. The van der Waals surface area contributed by atoms with Crippen molar-refractivity contribution < 1.29 is 23.5 Å². The van der Waals surface area contributed by atoms with Crippen LogP contribution in [0.4, 0.5) is 4.39 Å². The fourth-order valence-electron chi connectivity index (χ4n) is 4.34. The number of ether oxygens (including phenoxy) is 1. The first-order chi connectivity index (χ1) is 15.0. The maximum absolute atomic E-state index is 13.0. The molecule has 2 aliphatic rings. The van der Waals surface area contributed by atoms with Crippen LogP contribution in [0.3, 0.4) is 0 Å². The Kier molecular flexibility index (Phi) is 6.44. The fourth-order valence-corrected chi connectivity index (χ4v) is 4.34. The van der Waals surface area contributed by atoms with Gasteiger partial charge in [0.1, 0.15) is 5.82 Å². The highest BCUT2D eigenvalue weighted by atomic mass is 19.1. The lowest BCUT2D eigenvalue weighted by molar-refractivity contribution is -0.148. The van der Waals surface area contributed by atoms with Gasteiger partial charge in [0.25, 0.3) is 5.91 Å². The number of rotatable bonds is 5. The first-order valence-corrected chi connectivity index (χ1v) is 10.9. The molecule has 1 aliphatic heterocycles. The van der Waals surface area contributed by atoms with Crippen molar-refractivity contribution in [1.82, 2.24) is 4.90 Å². The first kappa shape index (κ1) is 21.2. The molecule has 6 heteroatoms. The monoisotopic (exact) mass is 423 g/mol. The van der Waals surface area contributed by atoms with Gasteiger partial charge in [-0.2, -0.15) is 0 Å². The normalized spacial score (nSPS) is 16.5. The molecule has 1 heterocycles. The van der Waals surface area contributed by atoms with Crippen molar-refractivity contribution in [2.45, 2.75) is 38.5 Å². The van der Waals surface area contributed by atoms with Crippen molar-refractivity contribution in [2.75, 3.05) is 19.7 Å². The van der Waals surface area contributed by atoms with Gasteiger partial charge >= 0.3 is 5.97 Å². The summed E-state index contributed by atoms with van der Waals surface area (Å²) in [6.07, 6.45) is 5.35. The molecule has 0 aromatic heterocycles. The third kappa shape index (κ3) is 5.01. The Morgan fingerprint density at radius 2 is 1.55 bits per heavy atom. The number of likely N-dealkylation sites (tertiary alicyclic amines) is 1. The summed E-state index contributed by atoms with van der Waals surface area (Å²) in [7, 11) is 0. The highest BCUT2D eigenvalue weighted by molar-refractivity contribution is 5.98. The van der Waals surface area contributed by atoms with Crippen LogP contribution in [-0.2, 0) is 22.4 Å². The van der Waals surface area contributed by atoms with Crippen LogP contribution < -0.4 is 0 Å². The number of nitrogens with zero attached hydrogens (tertiary/aromatic N) is 1. The number of piperidine rings is 1. The highest BCUT2D eigenvalue weighted by Gasteiger charge is 2.29. The maximum atomic E-state index is 13.0. The molecule has 1 aliphatic carbocycles. The number of carbonyl (C=O) groups excluding carboxylic acids is 3. The number of benzene rings is 2. The van der Waals surface area contributed by atoms with Gasteiger partial charge in [-0.25, -0.2) is 4.39 Å². The van der Waals surface area contributed by atoms with E-state index in [0.29, 0.717) is 37.1 Å². The third-order valence-electron chi connectivity index (χ3n) is 6.22. The molecule has 0 bridgehead atoms. The average Bonchev–Trinajstić information content (AvgIpc) is 2.82. The van der Waals surface area contributed by atoms with E-state index in [9.17, 15) is 18.8 Å². The number of halogens is 1. The molecule has 1 saturated heterocycles. The number of carbonyl (C=O) groups is 3. The van der Waals surface area contributed by atoms with Crippen molar-refractivity contribution in [3.05, 3.63) is 70.5 Å². The van der Waals surface area contributed by atoms with Crippen LogP contribution in [-0.4, -0.2) is 42.3 Å². The number of Topliss-reactive ketones (excluding diaryl/α,β-unsaturated/α-hetero) is 1. The smallest absolute Gasteiger partial charge is 0.309 e. The summed E-state index contributed by atoms with van der Waals surface area (Å²) in [6.45, 7) is 0.593. The van der Waals surface area contributed by atoms with Crippen LogP contribution in [0.2, 0.25) is 0 Å².